The predicted octanol–water partition coefficient (Wildman–Crippen LogP) is 1.06. The molecule has 17 heavy (non-hydrogen) atoms. The second-order valence-corrected chi connectivity index (χ2v) is 4.51. The smallest absolute Gasteiger partial charge is 0.241 e. The number of nitrogens with one attached hydrogen (secondary N) is 2. The molecular formula is C12H20N4O. The third-order valence-corrected chi connectivity index (χ3v) is 3.12. The first-order valence-electron chi connectivity index (χ1n) is 6.27. The number of hydrogen-bond acceptors (Lipinski definition) is 3. The summed E-state index contributed by atoms with van der Waals surface area (Å²) in [6.07, 6.45) is 5.90. The summed E-state index contributed by atoms with van der Waals surface area (Å²) in [6.45, 7) is 2.97. The van der Waals surface area contributed by atoms with Gasteiger partial charge in [0.25, 0.3) is 0 Å². The largest absolute Gasteiger partial charge is 0.322 e. The molecule has 0 aliphatic carbocycles. The fraction of sp³-hybridized carbons (Fsp3) is 0.667. The van der Waals surface area contributed by atoms with Crippen LogP contribution in [-0.2, 0) is 18.3 Å². The van der Waals surface area contributed by atoms with Crippen LogP contribution in [0.1, 0.15) is 31.9 Å². The van der Waals surface area contributed by atoms with E-state index in [2.05, 4.69) is 15.7 Å². The number of piperidine rings is 1. The first-order valence-corrected chi connectivity index (χ1v) is 6.27. The first kappa shape index (κ1) is 12.1. The maximum Gasteiger partial charge on any atom is 0.241 e. The fourth-order valence-electron chi connectivity index (χ4n) is 2.20. The molecule has 94 valence electrons. The molecular weight excluding hydrogens is 216 g/mol. The second-order valence-electron chi connectivity index (χ2n) is 4.51. The maximum atomic E-state index is 12.0. The molecule has 1 aliphatic heterocycles. The Hall–Kier alpha value is -1.36. The highest BCUT2D eigenvalue weighted by atomic mass is 16.2. The predicted molar refractivity (Wildman–Crippen MR) is 66.9 cm³/mol. The molecule has 1 aliphatic rings. The molecule has 0 unspecified atom stereocenters. The fourth-order valence-corrected chi connectivity index (χ4v) is 2.20. The van der Waals surface area contributed by atoms with Crippen LogP contribution < -0.4 is 10.6 Å². The van der Waals surface area contributed by atoms with Crippen molar-refractivity contribution in [1.29, 1.82) is 0 Å². The minimum Gasteiger partial charge on any atom is -0.322 e. The summed E-state index contributed by atoms with van der Waals surface area (Å²) in [5, 5.41) is 10.5. The van der Waals surface area contributed by atoms with Gasteiger partial charge in [0.1, 0.15) is 0 Å². The molecule has 1 saturated heterocycles. The molecule has 1 aromatic rings. The van der Waals surface area contributed by atoms with Gasteiger partial charge in [-0.25, -0.2) is 0 Å². The lowest BCUT2D eigenvalue weighted by molar-refractivity contribution is -0.118. The molecule has 0 aromatic carbocycles. The molecule has 1 amide bonds. The zero-order valence-corrected chi connectivity index (χ0v) is 10.5. The highest BCUT2D eigenvalue weighted by Crippen LogP contribution is 2.15. The molecule has 0 radical (unpaired) electrons. The van der Waals surface area contributed by atoms with E-state index >= 15 is 0 Å². The van der Waals surface area contributed by atoms with Crippen molar-refractivity contribution < 1.29 is 4.79 Å². The summed E-state index contributed by atoms with van der Waals surface area (Å²) in [7, 11) is 1.87. The Kier molecular flexibility index (Phi) is 3.78. The van der Waals surface area contributed by atoms with Crippen molar-refractivity contribution in [1.82, 2.24) is 15.1 Å². The van der Waals surface area contributed by atoms with Gasteiger partial charge in [0, 0.05) is 13.2 Å². The van der Waals surface area contributed by atoms with Gasteiger partial charge in [0.2, 0.25) is 5.91 Å². The molecule has 5 nitrogen and oxygen atoms in total. The quantitative estimate of drug-likeness (QED) is 0.825. The number of hydrogen-bond donors (Lipinski definition) is 2. The van der Waals surface area contributed by atoms with Gasteiger partial charge in [-0.15, -0.1) is 0 Å². The number of carbonyl (C=O) groups excluding carboxylic acids is 1. The average Bonchev–Trinajstić information content (AvgIpc) is 2.70. The van der Waals surface area contributed by atoms with E-state index in [-0.39, 0.29) is 11.9 Å². The van der Waals surface area contributed by atoms with Gasteiger partial charge in [0.15, 0.2) is 0 Å². The molecule has 1 aromatic heterocycles. The van der Waals surface area contributed by atoms with E-state index in [1.54, 1.807) is 4.68 Å². The summed E-state index contributed by atoms with van der Waals surface area (Å²) in [4.78, 5) is 12.0. The van der Waals surface area contributed by atoms with Gasteiger partial charge >= 0.3 is 0 Å². The molecule has 2 heterocycles. The van der Waals surface area contributed by atoms with E-state index in [1.165, 1.54) is 0 Å². The lowest BCUT2D eigenvalue weighted by Gasteiger charge is -2.22. The van der Waals surface area contributed by atoms with Crippen molar-refractivity contribution >= 4 is 11.6 Å². The number of rotatable bonds is 3. The number of nitrogens with zero attached hydrogens (tertiary/aromatic N) is 2. The van der Waals surface area contributed by atoms with E-state index < -0.39 is 0 Å². The van der Waals surface area contributed by atoms with Crippen LogP contribution in [0.2, 0.25) is 0 Å². The summed E-state index contributed by atoms with van der Waals surface area (Å²) in [5.74, 6) is 0.0624. The lowest BCUT2D eigenvalue weighted by atomic mass is 10.0. The molecule has 5 heteroatoms. The van der Waals surface area contributed by atoms with Crippen LogP contribution >= 0.6 is 0 Å². The van der Waals surface area contributed by atoms with Crippen molar-refractivity contribution in [2.45, 2.75) is 38.6 Å². The highest BCUT2D eigenvalue weighted by molar-refractivity contribution is 5.95. The van der Waals surface area contributed by atoms with E-state index in [0.29, 0.717) is 0 Å². The third kappa shape index (κ3) is 2.85. The Morgan fingerprint density at radius 3 is 3.12 bits per heavy atom. The standard InChI is InChI=1S/C12H20N4O/c1-3-9-11(8-16(2)15-9)14-12(17)10-6-4-5-7-13-10/h8,10,13H,3-7H2,1-2H3,(H,14,17)/t10-/m1/s1. The molecule has 2 N–H and O–H groups in total. The van der Waals surface area contributed by atoms with Crippen LogP contribution in [0.4, 0.5) is 5.69 Å². The van der Waals surface area contributed by atoms with Crippen LogP contribution in [0, 0.1) is 0 Å². The number of amides is 1. The molecule has 0 saturated carbocycles. The highest BCUT2D eigenvalue weighted by Gasteiger charge is 2.21. The van der Waals surface area contributed by atoms with Gasteiger partial charge in [-0.2, -0.15) is 5.10 Å². The van der Waals surface area contributed by atoms with Gasteiger partial charge in [-0.1, -0.05) is 13.3 Å². The van der Waals surface area contributed by atoms with Crippen molar-refractivity contribution in [3.05, 3.63) is 11.9 Å². The minimum atomic E-state index is -0.0475. The van der Waals surface area contributed by atoms with Gasteiger partial charge in [-0.3, -0.25) is 9.48 Å². The number of aromatic nitrogens is 2. The van der Waals surface area contributed by atoms with E-state index in [1.807, 2.05) is 20.2 Å². The average molecular weight is 236 g/mol. The van der Waals surface area contributed by atoms with E-state index in [4.69, 9.17) is 0 Å². The van der Waals surface area contributed by atoms with Gasteiger partial charge in [0.05, 0.1) is 17.4 Å². The second kappa shape index (κ2) is 5.31. The topological polar surface area (TPSA) is 59.0 Å². The monoisotopic (exact) mass is 236 g/mol. The number of aryl methyl sites for hydroxylation is 2. The Morgan fingerprint density at radius 1 is 1.65 bits per heavy atom. The molecule has 0 bridgehead atoms. The lowest BCUT2D eigenvalue weighted by Crippen LogP contribution is -2.43. The molecule has 1 atom stereocenters. The SMILES string of the molecule is CCc1nn(C)cc1NC(=O)[C@H]1CCCCN1. The van der Waals surface area contributed by atoms with E-state index in [0.717, 1.165) is 43.6 Å². The van der Waals surface area contributed by atoms with Crippen molar-refractivity contribution in [3.63, 3.8) is 0 Å². The van der Waals surface area contributed by atoms with Crippen LogP contribution in [0.25, 0.3) is 0 Å². The Bertz CT molecular complexity index is 393. The molecule has 1 fully saturated rings. The molecule has 2 rings (SSSR count). The summed E-state index contributed by atoms with van der Waals surface area (Å²) >= 11 is 0. The van der Waals surface area contributed by atoms with Crippen molar-refractivity contribution in [3.8, 4) is 0 Å². The number of anilines is 1. The minimum absolute atomic E-state index is 0.0475. The van der Waals surface area contributed by atoms with Crippen LogP contribution in [0.3, 0.4) is 0 Å². The Balaban J connectivity index is 2.01. The zero-order valence-electron chi connectivity index (χ0n) is 10.5. The first-order chi connectivity index (χ1) is 8.20. The van der Waals surface area contributed by atoms with Crippen LogP contribution in [0.5, 0.6) is 0 Å². The van der Waals surface area contributed by atoms with Crippen LogP contribution in [0.15, 0.2) is 6.20 Å². The zero-order chi connectivity index (χ0) is 12.3. The van der Waals surface area contributed by atoms with Gasteiger partial charge < -0.3 is 10.6 Å². The normalized spacial score (nSPS) is 20.2. The summed E-state index contributed by atoms with van der Waals surface area (Å²) < 4.78 is 1.74. The maximum absolute atomic E-state index is 12.0. The number of carbonyl (C=O) groups is 1. The molecule has 0 spiro atoms. The van der Waals surface area contributed by atoms with E-state index in [9.17, 15) is 4.79 Å². The van der Waals surface area contributed by atoms with Crippen LogP contribution in [-0.4, -0.2) is 28.3 Å². The summed E-state index contributed by atoms with van der Waals surface area (Å²) in [6, 6.07) is -0.0475. The Morgan fingerprint density at radius 2 is 2.47 bits per heavy atom. The summed E-state index contributed by atoms with van der Waals surface area (Å²) in [5.41, 5.74) is 1.78. The Labute approximate surface area is 102 Å². The van der Waals surface area contributed by atoms with Crippen molar-refractivity contribution in [2.75, 3.05) is 11.9 Å². The third-order valence-electron chi connectivity index (χ3n) is 3.12. The van der Waals surface area contributed by atoms with Crippen molar-refractivity contribution in [2.24, 2.45) is 7.05 Å². The van der Waals surface area contributed by atoms with Gasteiger partial charge in [-0.05, 0) is 25.8 Å².